The van der Waals surface area contributed by atoms with Crippen molar-refractivity contribution in [3.8, 4) is 0 Å². The van der Waals surface area contributed by atoms with Gasteiger partial charge in [-0.3, -0.25) is 0 Å². The number of aromatic amines is 1. The fourth-order valence-corrected chi connectivity index (χ4v) is 2.91. The molecule has 98 valence electrons. The normalized spacial score (nSPS) is 14.1. The van der Waals surface area contributed by atoms with Crippen LogP contribution in [0.15, 0.2) is 23.4 Å². The second-order valence-corrected chi connectivity index (χ2v) is 6.96. The third kappa shape index (κ3) is 2.87. The molecule has 3 N–H and O–H groups in total. The van der Waals surface area contributed by atoms with Gasteiger partial charge in [0.25, 0.3) is 0 Å². The number of imidazole rings is 1. The van der Waals surface area contributed by atoms with E-state index in [-0.39, 0.29) is 5.41 Å². The van der Waals surface area contributed by atoms with Gasteiger partial charge in [0.15, 0.2) is 5.16 Å². The van der Waals surface area contributed by atoms with Crippen molar-refractivity contribution < 1.29 is 0 Å². The molecule has 0 aliphatic rings. The van der Waals surface area contributed by atoms with Crippen LogP contribution in [0.5, 0.6) is 0 Å². The first-order valence-corrected chi connectivity index (χ1v) is 7.11. The van der Waals surface area contributed by atoms with Crippen LogP contribution in [-0.2, 0) is 0 Å². The summed E-state index contributed by atoms with van der Waals surface area (Å²) in [5, 5.41) is 1.32. The van der Waals surface area contributed by atoms with Crippen LogP contribution in [0.2, 0.25) is 0 Å². The third-order valence-electron chi connectivity index (χ3n) is 3.05. The molecule has 0 amide bonds. The minimum atomic E-state index is 0.175. The van der Waals surface area contributed by atoms with Crippen molar-refractivity contribution in [3.05, 3.63) is 23.8 Å². The molecule has 1 aromatic heterocycles. The second kappa shape index (κ2) is 4.94. The molecule has 0 saturated carbocycles. The predicted octanol–water partition coefficient (Wildman–Crippen LogP) is 3.34. The first-order chi connectivity index (χ1) is 8.40. The van der Waals surface area contributed by atoms with Crippen molar-refractivity contribution in [1.29, 1.82) is 0 Å². The Morgan fingerprint density at radius 3 is 2.72 bits per heavy atom. The van der Waals surface area contributed by atoms with Gasteiger partial charge in [0.1, 0.15) is 0 Å². The van der Waals surface area contributed by atoms with Crippen molar-refractivity contribution in [3.63, 3.8) is 0 Å². The Bertz CT molecular complexity index is 539. The number of benzene rings is 1. The molecule has 1 heterocycles. The SMILES string of the molecule is Cc1ccc2nc(SC(CN)C(C)(C)C)[nH]c2c1. The Kier molecular flexibility index (Phi) is 3.69. The number of rotatable bonds is 3. The number of aromatic nitrogens is 2. The van der Waals surface area contributed by atoms with E-state index in [1.807, 2.05) is 0 Å². The topological polar surface area (TPSA) is 54.7 Å². The lowest BCUT2D eigenvalue weighted by molar-refractivity contribution is 0.398. The van der Waals surface area contributed by atoms with Gasteiger partial charge < -0.3 is 10.7 Å². The fraction of sp³-hybridized carbons (Fsp3) is 0.500. The Morgan fingerprint density at radius 2 is 2.11 bits per heavy atom. The van der Waals surface area contributed by atoms with Gasteiger partial charge in [-0.1, -0.05) is 38.6 Å². The molecule has 18 heavy (non-hydrogen) atoms. The molecule has 2 aromatic rings. The number of fused-ring (bicyclic) bond motifs is 1. The molecule has 0 spiro atoms. The number of H-pyrrole nitrogens is 1. The van der Waals surface area contributed by atoms with Gasteiger partial charge in [-0.15, -0.1) is 0 Å². The molecule has 1 unspecified atom stereocenters. The molecule has 1 atom stereocenters. The number of nitrogens with zero attached hydrogens (tertiary/aromatic N) is 1. The van der Waals surface area contributed by atoms with Crippen molar-refractivity contribution in [2.75, 3.05) is 6.54 Å². The number of hydrogen-bond donors (Lipinski definition) is 2. The number of nitrogens with one attached hydrogen (secondary N) is 1. The van der Waals surface area contributed by atoms with Crippen LogP contribution in [-0.4, -0.2) is 21.8 Å². The van der Waals surface area contributed by atoms with E-state index in [2.05, 4.69) is 55.9 Å². The van der Waals surface area contributed by atoms with Crippen molar-refractivity contribution in [2.45, 2.75) is 38.1 Å². The first kappa shape index (κ1) is 13.4. The van der Waals surface area contributed by atoms with Crippen molar-refractivity contribution >= 4 is 22.8 Å². The van der Waals surface area contributed by atoms with Crippen LogP contribution < -0.4 is 5.73 Å². The molecule has 0 bridgehead atoms. The van der Waals surface area contributed by atoms with Crippen molar-refractivity contribution in [1.82, 2.24) is 9.97 Å². The molecule has 2 rings (SSSR count). The zero-order valence-electron chi connectivity index (χ0n) is 11.4. The third-order valence-corrected chi connectivity index (χ3v) is 4.65. The maximum Gasteiger partial charge on any atom is 0.166 e. The van der Waals surface area contributed by atoms with Gasteiger partial charge in [-0.2, -0.15) is 0 Å². The highest BCUT2D eigenvalue weighted by molar-refractivity contribution is 7.99. The van der Waals surface area contributed by atoms with E-state index in [1.165, 1.54) is 5.56 Å². The average Bonchev–Trinajstić information content (AvgIpc) is 2.65. The number of thioether (sulfide) groups is 1. The van der Waals surface area contributed by atoms with Gasteiger partial charge in [0, 0.05) is 11.8 Å². The lowest BCUT2D eigenvalue weighted by Crippen LogP contribution is -2.30. The zero-order valence-corrected chi connectivity index (χ0v) is 12.3. The van der Waals surface area contributed by atoms with Crippen LogP contribution >= 0.6 is 11.8 Å². The van der Waals surface area contributed by atoms with Crippen LogP contribution in [0.25, 0.3) is 11.0 Å². The molecule has 0 aliphatic heterocycles. The summed E-state index contributed by atoms with van der Waals surface area (Å²) in [4.78, 5) is 7.98. The van der Waals surface area contributed by atoms with E-state index in [0.29, 0.717) is 11.8 Å². The van der Waals surface area contributed by atoms with Gasteiger partial charge in [-0.05, 0) is 30.0 Å². The lowest BCUT2D eigenvalue weighted by atomic mass is 9.92. The summed E-state index contributed by atoms with van der Waals surface area (Å²) < 4.78 is 0. The highest BCUT2D eigenvalue weighted by Gasteiger charge is 2.25. The number of aryl methyl sites for hydroxylation is 1. The molecule has 0 saturated heterocycles. The Labute approximate surface area is 113 Å². The van der Waals surface area contributed by atoms with E-state index in [1.54, 1.807) is 11.8 Å². The standard InChI is InChI=1S/C14H21N3S/c1-9-5-6-10-11(7-9)17-13(16-10)18-12(8-15)14(2,3)4/h5-7,12H,8,15H2,1-4H3,(H,16,17). The van der Waals surface area contributed by atoms with Crippen LogP contribution in [0, 0.1) is 12.3 Å². The van der Waals surface area contributed by atoms with Gasteiger partial charge >= 0.3 is 0 Å². The Hall–Kier alpha value is -1.00. The Balaban J connectivity index is 2.26. The minimum Gasteiger partial charge on any atom is -0.333 e. The molecular weight excluding hydrogens is 242 g/mol. The molecule has 1 aromatic carbocycles. The van der Waals surface area contributed by atoms with Crippen molar-refractivity contribution in [2.24, 2.45) is 11.1 Å². The van der Waals surface area contributed by atoms with E-state index in [4.69, 9.17) is 5.73 Å². The molecule has 0 fully saturated rings. The quantitative estimate of drug-likeness (QED) is 0.835. The summed E-state index contributed by atoms with van der Waals surface area (Å²) in [6.07, 6.45) is 0. The van der Waals surface area contributed by atoms with Gasteiger partial charge in [0.2, 0.25) is 0 Å². The van der Waals surface area contributed by atoms with Crippen LogP contribution in [0.3, 0.4) is 0 Å². The van der Waals surface area contributed by atoms with Gasteiger partial charge in [-0.25, -0.2) is 4.98 Å². The van der Waals surface area contributed by atoms with E-state index in [0.717, 1.165) is 16.2 Å². The second-order valence-electron chi connectivity index (χ2n) is 5.77. The Morgan fingerprint density at radius 1 is 1.39 bits per heavy atom. The maximum absolute atomic E-state index is 5.86. The molecular formula is C14H21N3S. The highest BCUT2D eigenvalue weighted by atomic mass is 32.2. The summed E-state index contributed by atoms with van der Waals surface area (Å²) in [7, 11) is 0. The fourth-order valence-electron chi connectivity index (χ4n) is 1.87. The predicted molar refractivity (Wildman–Crippen MR) is 79.0 cm³/mol. The molecule has 0 aliphatic carbocycles. The summed E-state index contributed by atoms with van der Waals surface area (Å²) in [6.45, 7) is 9.38. The van der Waals surface area contributed by atoms with Crippen LogP contribution in [0.4, 0.5) is 0 Å². The largest absolute Gasteiger partial charge is 0.333 e. The van der Waals surface area contributed by atoms with Gasteiger partial charge in [0.05, 0.1) is 11.0 Å². The maximum atomic E-state index is 5.86. The smallest absolute Gasteiger partial charge is 0.166 e. The van der Waals surface area contributed by atoms with E-state index in [9.17, 15) is 0 Å². The monoisotopic (exact) mass is 263 g/mol. The molecule has 0 radical (unpaired) electrons. The minimum absolute atomic E-state index is 0.175. The number of hydrogen-bond acceptors (Lipinski definition) is 3. The highest BCUT2D eigenvalue weighted by Crippen LogP contribution is 2.34. The zero-order chi connectivity index (χ0) is 13.3. The average molecular weight is 263 g/mol. The summed E-state index contributed by atoms with van der Waals surface area (Å²) in [6, 6.07) is 6.27. The summed E-state index contributed by atoms with van der Waals surface area (Å²) in [5.41, 5.74) is 9.40. The van der Waals surface area contributed by atoms with E-state index < -0.39 is 0 Å². The lowest BCUT2D eigenvalue weighted by Gasteiger charge is -2.27. The van der Waals surface area contributed by atoms with Crippen LogP contribution in [0.1, 0.15) is 26.3 Å². The number of nitrogens with two attached hydrogens (primary N) is 1. The van der Waals surface area contributed by atoms with E-state index >= 15 is 0 Å². The summed E-state index contributed by atoms with van der Waals surface area (Å²) >= 11 is 1.74. The summed E-state index contributed by atoms with van der Waals surface area (Å²) in [5.74, 6) is 0. The first-order valence-electron chi connectivity index (χ1n) is 6.23. The molecule has 3 nitrogen and oxygen atoms in total. The molecule has 4 heteroatoms.